The van der Waals surface area contributed by atoms with Gasteiger partial charge in [0.1, 0.15) is 16.9 Å². The molecule has 1 fully saturated rings. The lowest BCUT2D eigenvalue weighted by atomic mass is 10.0. The SMILES string of the molecule is CCOc1ccccc1NC(=O)C1(C(=O)Nc2ccccc2OC(C)C)CC1. The first-order chi connectivity index (χ1) is 13.5. The van der Waals surface area contributed by atoms with Gasteiger partial charge in [0.2, 0.25) is 11.8 Å². The highest BCUT2D eigenvalue weighted by Gasteiger charge is 2.56. The Hall–Kier alpha value is -3.02. The van der Waals surface area contributed by atoms with Crippen LogP contribution in [0.2, 0.25) is 0 Å². The second kappa shape index (κ2) is 8.33. The Morgan fingerprint density at radius 2 is 1.43 bits per heavy atom. The molecule has 28 heavy (non-hydrogen) atoms. The van der Waals surface area contributed by atoms with Gasteiger partial charge in [-0.2, -0.15) is 0 Å². The van der Waals surface area contributed by atoms with E-state index in [0.717, 1.165) is 0 Å². The molecule has 1 saturated carbocycles. The number of hydrogen-bond donors (Lipinski definition) is 2. The summed E-state index contributed by atoms with van der Waals surface area (Å²) in [6, 6.07) is 14.4. The molecule has 0 heterocycles. The van der Waals surface area contributed by atoms with Gasteiger partial charge in [-0.3, -0.25) is 9.59 Å². The lowest BCUT2D eigenvalue weighted by molar-refractivity contribution is -0.131. The molecule has 6 nitrogen and oxygen atoms in total. The smallest absolute Gasteiger partial charge is 0.240 e. The van der Waals surface area contributed by atoms with Crippen molar-refractivity contribution in [2.45, 2.75) is 39.7 Å². The van der Waals surface area contributed by atoms with E-state index in [4.69, 9.17) is 9.47 Å². The summed E-state index contributed by atoms with van der Waals surface area (Å²) >= 11 is 0. The molecule has 1 aliphatic carbocycles. The molecular weight excluding hydrogens is 356 g/mol. The largest absolute Gasteiger partial charge is 0.492 e. The molecule has 2 N–H and O–H groups in total. The Bertz CT molecular complexity index is 859. The molecular formula is C22H26N2O4. The molecule has 0 atom stereocenters. The van der Waals surface area contributed by atoms with Crippen LogP contribution in [0.15, 0.2) is 48.5 Å². The van der Waals surface area contributed by atoms with Crippen LogP contribution in [0.5, 0.6) is 11.5 Å². The third kappa shape index (κ3) is 4.27. The third-order valence-corrected chi connectivity index (χ3v) is 4.55. The number of para-hydroxylation sites is 4. The maximum atomic E-state index is 12.9. The van der Waals surface area contributed by atoms with Crippen molar-refractivity contribution in [1.82, 2.24) is 0 Å². The van der Waals surface area contributed by atoms with Crippen molar-refractivity contribution in [3.05, 3.63) is 48.5 Å². The predicted octanol–water partition coefficient (Wildman–Crippen LogP) is 4.23. The first-order valence-electron chi connectivity index (χ1n) is 9.56. The number of amides is 2. The summed E-state index contributed by atoms with van der Waals surface area (Å²) in [5, 5.41) is 5.72. The van der Waals surface area contributed by atoms with Gasteiger partial charge in [-0.25, -0.2) is 0 Å². The van der Waals surface area contributed by atoms with Crippen molar-refractivity contribution in [3.63, 3.8) is 0 Å². The molecule has 2 aromatic rings. The number of rotatable bonds is 8. The van der Waals surface area contributed by atoms with Crippen LogP contribution in [0.3, 0.4) is 0 Å². The Kier molecular flexibility index (Phi) is 5.87. The molecule has 0 unspecified atom stereocenters. The third-order valence-electron chi connectivity index (χ3n) is 4.55. The molecule has 0 aromatic heterocycles. The van der Waals surface area contributed by atoms with Gasteiger partial charge in [0.25, 0.3) is 0 Å². The fourth-order valence-electron chi connectivity index (χ4n) is 2.94. The van der Waals surface area contributed by atoms with Crippen LogP contribution >= 0.6 is 0 Å². The van der Waals surface area contributed by atoms with E-state index in [1.165, 1.54) is 0 Å². The number of ether oxygens (including phenoxy) is 2. The Labute approximate surface area is 165 Å². The van der Waals surface area contributed by atoms with Gasteiger partial charge < -0.3 is 20.1 Å². The van der Waals surface area contributed by atoms with E-state index in [1.54, 1.807) is 24.3 Å². The van der Waals surface area contributed by atoms with E-state index in [-0.39, 0.29) is 17.9 Å². The normalized spacial score (nSPS) is 14.3. The van der Waals surface area contributed by atoms with E-state index in [9.17, 15) is 9.59 Å². The summed E-state index contributed by atoms with van der Waals surface area (Å²) < 4.78 is 11.3. The minimum Gasteiger partial charge on any atom is -0.492 e. The van der Waals surface area contributed by atoms with Crippen LogP contribution in [0.4, 0.5) is 11.4 Å². The molecule has 0 bridgehead atoms. The van der Waals surface area contributed by atoms with E-state index in [0.29, 0.717) is 42.3 Å². The molecule has 2 aromatic carbocycles. The van der Waals surface area contributed by atoms with Gasteiger partial charge in [0.05, 0.1) is 24.1 Å². The molecule has 2 amide bonds. The number of anilines is 2. The van der Waals surface area contributed by atoms with Crippen molar-refractivity contribution in [2.24, 2.45) is 5.41 Å². The Morgan fingerprint density at radius 1 is 0.929 bits per heavy atom. The summed E-state index contributed by atoms with van der Waals surface area (Å²) in [4.78, 5) is 25.8. The summed E-state index contributed by atoms with van der Waals surface area (Å²) in [5.74, 6) is 0.534. The minimum atomic E-state index is -1.07. The maximum absolute atomic E-state index is 12.9. The molecule has 6 heteroatoms. The topological polar surface area (TPSA) is 76.7 Å². The number of hydrogen-bond acceptors (Lipinski definition) is 4. The van der Waals surface area contributed by atoms with Crippen molar-refractivity contribution < 1.29 is 19.1 Å². The highest BCUT2D eigenvalue weighted by molar-refractivity contribution is 6.17. The monoisotopic (exact) mass is 382 g/mol. The zero-order valence-electron chi connectivity index (χ0n) is 16.5. The molecule has 0 radical (unpaired) electrons. The van der Waals surface area contributed by atoms with Gasteiger partial charge >= 0.3 is 0 Å². The van der Waals surface area contributed by atoms with Crippen molar-refractivity contribution in [1.29, 1.82) is 0 Å². The van der Waals surface area contributed by atoms with Gasteiger partial charge in [-0.15, -0.1) is 0 Å². The average Bonchev–Trinajstić information content (AvgIpc) is 3.47. The second-order valence-electron chi connectivity index (χ2n) is 7.08. The average molecular weight is 382 g/mol. The standard InChI is InChI=1S/C22H26N2O4/c1-4-27-18-11-7-5-9-16(18)23-20(25)22(13-14-22)21(26)24-17-10-6-8-12-19(17)28-15(2)3/h5-12,15H,4,13-14H2,1-3H3,(H,23,25)(H,24,26). The lowest BCUT2D eigenvalue weighted by Crippen LogP contribution is -2.35. The van der Waals surface area contributed by atoms with Crippen molar-refractivity contribution in [3.8, 4) is 11.5 Å². The summed E-state index contributed by atoms with van der Waals surface area (Å²) in [7, 11) is 0. The zero-order valence-corrected chi connectivity index (χ0v) is 16.5. The number of benzene rings is 2. The summed E-state index contributed by atoms with van der Waals surface area (Å²) in [6.07, 6.45) is 0.995. The molecule has 3 rings (SSSR count). The first-order valence-corrected chi connectivity index (χ1v) is 9.56. The summed E-state index contributed by atoms with van der Waals surface area (Å²) in [5.41, 5.74) is 0.0662. The van der Waals surface area contributed by atoms with Crippen LogP contribution in [-0.4, -0.2) is 24.5 Å². The van der Waals surface area contributed by atoms with Crippen molar-refractivity contribution >= 4 is 23.2 Å². The highest BCUT2D eigenvalue weighted by atomic mass is 16.5. The van der Waals surface area contributed by atoms with E-state index < -0.39 is 5.41 Å². The van der Waals surface area contributed by atoms with Crippen LogP contribution in [0.1, 0.15) is 33.6 Å². The van der Waals surface area contributed by atoms with Gasteiger partial charge in [-0.05, 0) is 57.9 Å². The molecule has 0 saturated heterocycles. The lowest BCUT2D eigenvalue weighted by Gasteiger charge is -2.19. The van der Waals surface area contributed by atoms with E-state index in [1.807, 2.05) is 45.0 Å². The highest BCUT2D eigenvalue weighted by Crippen LogP contribution is 2.48. The molecule has 0 aliphatic heterocycles. The predicted molar refractivity (Wildman–Crippen MR) is 109 cm³/mol. The maximum Gasteiger partial charge on any atom is 0.240 e. The quantitative estimate of drug-likeness (QED) is 0.670. The molecule has 1 aliphatic rings. The molecule has 0 spiro atoms. The van der Waals surface area contributed by atoms with Crippen LogP contribution in [-0.2, 0) is 9.59 Å². The van der Waals surface area contributed by atoms with Crippen LogP contribution in [0, 0.1) is 5.41 Å². The van der Waals surface area contributed by atoms with Gasteiger partial charge in [-0.1, -0.05) is 24.3 Å². The van der Waals surface area contributed by atoms with Crippen LogP contribution < -0.4 is 20.1 Å². The number of carbonyl (C=O) groups is 2. The van der Waals surface area contributed by atoms with E-state index in [2.05, 4.69) is 10.6 Å². The fourth-order valence-corrected chi connectivity index (χ4v) is 2.94. The van der Waals surface area contributed by atoms with Crippen molar-refractivity contribution in [2.75, 3.05) is 17.2 Å². The first kappa shape index (κ1) is 19.7. The fraction of sp³-hybridized carbons (Fsp3) is 0.364. The Morgan fingerprint density at radius 3 is 1.93 bits per heavy atom. The number of carbonyl (C=O) groups excluding carboxylic acids is 2. The molecule has 148 valence electrons. The minimum absolute atomic E-state index is 0.0219. The number of nitrogens with one attached hydrogen (secondary N) is 2. The summed E-state index contributed by atoms with van der Waals surface area (Å²) in [6.45, 7) is 6.21. The Balaban J connectivity index is 1.73. The van der Waals surface area contributed by atoms with E-state index >= 15 is 0 Å². The van der Waals surface area contributed by atoms with Gasteiger partial charge in [0.15, 0.2) is 0 Å². The van der Waals surface area contributed by atoms with Crippen LogP contribution in [0.25, 0.3) is 0 Å². The zero-order chi connectivity index (χ0) is 20.1. The second-order valence-corrected chi connectivity index (χ2v) is 7.08. The van der Waals surface area contributed by atoms with Gasteiger partial charge in [0, 0.05) is 0 Å².